The Bertz CT molecular complexity index is 671. The zero-order valence-electron chi connectivity index (χ0n) is 13.3. The van der Waals surface area contributed by atoms with Crippen LogP contribution in [0.5, 0.6) is 0 Å². The molecule has 0 unspecified atom stereocenters. The fourth-order valence-electron chi connectivity index (χ4n) is 3.07. The fraction of sp³-hybridized carbons (Fsp3) is 0.529. The summed E-state index contributed by atoms with van der Waals surface area (Å²) in [5.41, 5.74) is 10.6. The summed E-state index contributed by atoms with van der Waals surface area (Å²) < 4.78 is 1.96. The van der Waals surface area contributed by atoms with E-state index in [1.165, 1.54) is 30.4 Å². The predicted octanol–water partition coefficient (Wildman–Crippen LogP) is 3.23. The molecule has 1 aliphatic carbocycles. The molecule has 118 valence electrons. The number of hydrogen-bond donors (Lipinski definition) is 2. The summed E-state index contributed by atoms with van der Waals surface area (Å²) in [5, 5.41) is 8.10. The van der Waals surface area contributed by atoms with Crippen molar-refractivity contribution in [1.29, 1.82) is 0 Å². The molecule has 0 spiro atoms. The van der Waals surface area contributed by atoms with Gasteiger partial charge < -0.3 is 11.1 Å². The van der Waals surface area contributed by atoms with E-state index in [2.05, 4.69) is 17.2 Å². The van der Waals surface area contributed by atoms with Crippen LogP contribution in [0.3, 0.4) is 0 Å². The molecule has 3 N–H and O–H groups in total. The summed E-state index contributed by atoms with van der Waals surface area (Å²) in [6.45, 7) is 3.78. The molecular weight excluding hydrogens is 274 g/mol. The second kappa shape index (κ2) is 6.92. The highest BCUT2D eigenvalue weighted by atomic mass is 15.3. The maximum atomic E-state index is 5.93. The first-order valence-corrected chi connectivity index (χ1v) is 8.33. The lowest BCUT2D eigenvalue weighted by atomic mass is 9.90. The number of rotatable bonds is 6. The lowest BCUT2D eigenvalue weighted by molar-refractivity contribution is 0.699. The van der Waals surface area contributed by atoms with Crippen LogP contribution in [-0.2, 0) is 0 Å². The summed E-state index contributed by atoms with van der Waals surface area (Å²) >= 11 is 0. The lowest BCUT2D eigenvalue weighted by Crippen LogP contribution is -2.12. The predicted molar refractivity (Wildman–Crippen MR) is 90.8 cm³/mol. The van der Waals surface area contributed by atoms with Gasteiger partial charge in [0, 0.05) is 13.1 Å². The first-order valence-electron chi connectivity index (χ1n) is 8.33. The number of nitrogens with two attached hydrogens (primary N) is 1. The van der Waals surface area contributed by atoms with E-state index in [0.29, 0.717) is 6.54 Å². The molecule has 0 amide bonds. The molecule has 0 fully saturated rings. The van der Waals surface area contributed by atoms with Crippen LogP contribution < -0.4 is 11.1 Å². The van der Waals surface area contributed by atoms with Crippen molar-refractivity contribution in [2.24, 2.45) is 5.73 Å². The molecule has 0 aliphatic heterocycles. The first kappa shape index (κ1) is 15.0. The molecule has 5 heteroatoms. The van der Waals surface area contributed by atoms with Gasteiger partial charge in [-0.15, -0.1) is 5.10 Å². The van der Waals surface area contributed by atoms with Crippen molar-refractivity contribution in [3.05, 3.63) is 29.6 Å². The van der Waals surface area contributed by atoms with Crippen LogP contribution in [0.1, 0.15) is 51.1 Å². The fourth-order valence-corrected chi connectivity index (χ4v) is 3.07. The van der Waals surface area contributed by atoms with Crippen LogP contribution in [0.2, 0.25) is 0 Å². The highest BCUT2D eigenvalue weighted by Gasteiger charge is 2.17. The summed E-state index contributed by atoms with van der Waals surface area (Å²) in [4.78, 5) is 4.50. The van der Waals surface area contributed by atoms with Crippen LogP contribution in [0.4, 0.5) is 5.82 Å². The third-order valence-corrected chi connectivity index (χ3v) is 4.34. The number of nitrogens with zero attached hydrogens (tertiary/aromatic N) is 3. The average Bonchev–Trinajstić information content (AvgIpc) is 2.98. The molecule has 5 nitrogen and oxygen atoms in total. The second-order valence-corrected chi connectivity index (χ2v) is 5.91. The first-order chi connectivity index (χ1) is 10.8. The van der Waals surface area contributed by atoms with Crippen molar-refractivity contribution in [2.75, 3.05) is 18.4 Å². The van der Waals surface area contributed by atoms with E-state index in [9.17, 15) is 0 Å². The minimum atomic E-state index is 0.636. The number of hydrogen-bond acceptors (Lipinski definition) is 4. The van der Waals surface area contributed by atoms with Gasteiger partial charge in [-0.2, -0.15) is 0 Å². The molecule has 0 aromatic carbocycles. The van der Waals surface area contributed by atoms with Crippen molar-refractivity contribution < 1.29 is 0 Å². The Hall–Kier alpha value is -1.88. The molecule has 2 aromatic heterocycles. The quantitative estimate of drug-likeness (QED) is 0.804. The van der Waals surface area contributed by atoms with Crippen LogP contribution in [0, 0.1) is 0 Å². The minimum Gasteiger partial charge on any atom is -0.369 e. The highest BCUT2D eigenvalue weighted by Crippen LogP contribution is 2.31. The van der Waals surface area contributed by atoms with E-state index in [1.54, 1.807) is 0 Å². The van der Waals surface area contributed by atoms with Crippen LogP contribution >= 0.6 is 0 Å². The third-order valence-electron chi connectivity index (χ3n) is 4.34. The molecule has 2 aromatic rings. The van der Waals surface area contributed by atoms with Gasteiger partial charge in [-0.1, -0.05) is 18.9 Å². The Morgan fingerprint density at radius 3 is 2.95 bits per heavy atom. The number of imidazole rings is 1. The van der Waals surface area contributed by atoms with Crippen molar-refractivity contribution in [3.63, 3.8) is 0 Å². The number of anilines is 1. The van der Waals surface area contributed by atoms with Gasteiger partial charge in [-0.25, -0.2) is 9.50 Å². The molecule has 0 bridgehead atoms. The molecule has 0 saturated carbocycles. The third kappa shape index (κ3) is 2.99. The minimum absolute atomic E-state index is 0.636. The molecule has 22 heavy (non-hydrogen) atoms. The van der Waals surface area contributed by atoms with Crippen molar-refractivity contribution in [3.8, 4) is 0 Å². The smallest absolute Gasteiger partial charge is 0.154 e. The summed E-state index contributed by atoms with van der Waals surface area (Å²) in [7, 11) is 0. The largest absolute Gasteiger partial charge is 0.369 e. The van der Waals surface area contributed by atoms with Gasteiger partial charge in [0.1, 0.15) is 5.82 Å². The Kier molecular flexibility index (Phi) is 4.73. The van der Waals surface area contributed by atoms with E-state index in [-0.39, 0.29) is 0 Å². The molecule has 2 heterocycles. The summed E-state index contributed by atoms with van der Waals surface area (Å²) in [5.74, 6) is 0.908. The van der Waals surface area contributed by atoms with Crippen molar-refractivity contribution >= 4 is 17.0 Å². The van der Waals surface area contributed by atoms with E-state index in [0.717, 1.165) is 43.0 Å². The molecular formula is C17H25N5. The number of aromatic nitrogens is 3. The molecule has 1 aliphatic rings. The van der Waals surface area contributed by atoms with Crippen LogP contribution in [-0.4, -0.2) is 27.7 Å². The van der Waals surface area contributed by atoms with Gasteiger partial charge >= 0.3 is 0 Å². The SMILES string of the molecule is CCCCNc1ccc2ncc(C3=C(CN)CCCC3)n2n1. The maximum absolute atomic E-state index is 5.93. The normalized spacial score (nSPS) is 15.5. The Morgan fingerprint density at radius 2 is 2.14 bits per heavy atom. The molecule has 0 radical (unpaired) electrons. The van der Waals surface area contributed by atoms with Gasteiger partial charge in [0.15, 0.2) is 5.65 Å². The molecule has 0 atom stereocenters. The van der Waals surface area contributed by atoms with Crippen LogP contribution in [0.25, 0.3) is 11.2 Å². The van der Waals surface area contributed by atoms with Gasteiger partial charge in [-0.3, -0.25) is 0 Å². The lowest BCUT2D eigenvalue weighted by Gasteiger charge is -2.19. The Balaban J connectivity index is 1.96. The standard InChI is InChI=1S/C17H25N5/c1-2-3-10-19-16-8-9-17-20-12-15(22(17)21-16)14-7-5-4-6-13(14)11-18/h8-9,12H,2-7,10-11,18H2,1H3,(H,19,21). The second-order valence-electron chi connectivity index (χ2n) is 5.91. The van der Waals surface area contributed by atoms with Crippen molar-refractivity contribution in [1.82, 2.24) is 14.6 Å². The van der Waals surface area contributed by atoms with Gasteiger partial charge in [0.25, 0.3) is 0 Å². The maximum Gasteiger partial charge on any atom is 0.154 e. The van der Waals surface area contributed by atoms with E-state index in [4.69, 9.17) is 10.8 Å². The van der Waals surface area contributed by atoms with Crippen LogP contribution in [0.15, 0.2) is 23.9 Å². The zero-order chi connectivity index (χ0) is 15.4. The van der Waals surface area contributed by atoms with E-state index in [1.807, 2.05) is 22.8 Å². The van der Waals surface area contributed by atoms with Gasteiger partial charge in [0.2, 0.25) is 0 Å². The Labute approximate surface area is 131 Å². The monoisotopic (exact) mass is 299 g/mol. The molecule has 0 saturated heterocycles. The number of fused-ring (bicyclic) bond motifs is 1. The number of allylic oxidation sites excluding steroid dienone is 1. The van der Waals surface area contributed by atoms with E-state index < -0.39 is 0 Å². The highest BCUT2D eigenvalue weighted by molar-refractivity contribution is 5.69. The van der Waals surface area contributed by atoms with Gasteiger partial charge in [-0.05, 0) is 49.8 Å². The average molecular weight is 299 g/mol. The van der Waals surface area contributed by atoms with Gasteiger partial charge in [0.05, 0.1) is 11.9 Å². The Morgan fingerprint density at radius 1 is 1.27 bits per heavy atom. The number of nitrogens with one attached hydrogen (secondary N) is 1. The topological polar surface area (TPSA) is 68.2 Å². The number of unbranched alkanes of at least 4 members (excludes halogenated alkanes) is 1. The molecule has 3 rings (SSSR count). The van der Waals surface area contributed by atoms with Crippen molar-refractivity contribution in [2.45, 2.75) is 45.4 Å². The zero-order valence-corrected chi connectivity index (χ0v) is 13.3. The van der Waals surface area contributed by atoms with E-state index >= 15 is 0 Å². The summed E-state index contributed by atoms with van der Waals surface area (Å²) in [6.07, 6.45) is 8.92. The summed E-state index contributed by atoms with van der Waals surface area (Å²) in [6, 6.07) is 4.02.